The number of hydrogen-bond acceptors (Lipinski definition) is 3. The molecule has 114 valence electrons. The predicted molar refractivity (Wildman–Crippen MR) is 81.4 cm³/mol. The minimum atomic E-state index is -0.187. The Morgan fingerprint density at radius 2 is 1.74 bits per heavy atom. The quantitative estimate of drug-likeness (QED) is 0.698. The number of Topliss-reactive ketones (excluding diaryl/α,β-unsaturated/α-hetero) is 1. The van der Waals surface area contributed by atoms with Crippen molar-refractivity contribution >= 4 is 5.78 Å². The van der Waals surface area contributed by atoms with Gasteiger partial charge < -0.3 is 10.1 Å². The molecule has 3 heteroatoms. The van der Waals surface area contributed by atoms with Crippen molar-refractivity contribution < 1.29 is 9.53 Å². The van der Waals surface area contributed by atoms with Crippen LogP contribution in [0.1, 0.15) is 61.3 Å². The minimum absolute atomic E-state index is 0.103. The maximum Gasteiger partial charge on any atom is 0.132 e. The standard InChI is InChI=1S/C16H33NO2/c1-12(14(3)18)11-13(2)16(6,7)19-10-9-15(4,5)17-8/h12-13,17H,9-11H2,1-8H3. The summed E-state index contributed by atoms with van der Waals surface area (Å²) in [6, 6.07) is 0. The van der Waals surface area contributed by atoms with Gasteiger partial charge in [0.1, 0.15) is 5.78 Å². The van der Waals surface area contributed by atoms with Crippen LogP contribution in [-0.2, 0) is 9.53 Å². The summed E-state index contributed by atoms with van der Waals surface area (Å²) in [6.07, 6.45) is 1.86. The van der Waals surface area contributed by atoms with Crippen molar-refractivity contribution in [2.45, 2.75) is 72.4 Å². The number of carbonyl (C=O) groups is 1. The van der Waals surface area contributed by atoms with Gasteiger partial charge in [-0.15, -0.1) is 0 Å². The number of rotatable bonds is 9. The second-order valence-electron chi connectivity index (χ2n) is 6.98. The van der Waals surface area contributed by atoms with E-state index in [2.05, 4.69) is 39.9 Å². The molecule has 0 aliphatic rings. The predicted octanol–water partition coefficient (Wildman–Crippen LogP) is 3.42. The van der Waals surface area contributed by atoms with E-state index < -0.39 is 0 Å². The minimum Gasteiger partial charge on any atom is -0.375 e. The second-order valence-corrected chi connectivity index (χ2v) is 6.98. The van der Waals surface area contributed by atoms with Crippen molar-refractivity contribution in [3.8, 4) is 0 Å². The van der Waals surface area contributed by atoms with E-state index in [0.717, 1.165) is 19.4 Å². The highest BCUT2D eigenvalue weighted by molar-refractivity contribution is 5.77. The lowest BCUT2D eigenvalue weighted by Gasteiger charge is -2.35. The van der Waals surface area contributed by atoms with E-state index in [-0.39, 0.29) is 22.8 Å². The number of ketones is 1. The molecule has 0 saturated carbocycles. The van der Waals surface area contributed by atoms with Gasteiger partial charge in [-0.1, -0.05) is 13.8 Å². The van der Waals surface area contributed by atoms with Crippen molar-refractivity contribution in [3.63, 3.8) is 0 Å². The summed E-state index contributed by atoms with van der Waals surface area (Å²) >= 11 is 0. The maximum absolute atomic E-state index is 11.3. The van der Waals surface area contributed by atoms with Gasteiger partial charge in [-0.3, -0.25) is 4.79 Å². The third kappa shape index (κ3) is 7.07. The molecule has 0 aromatic carbocycles. The zero-order chi connectivity index (χ0) is 15.3. The summed E-state index contributed by atoms with van der Waals surface area (Å²) in [6.45, 7) is 15.2. The Morgan fingerprint density at radius 1 is 1.21 bits per heavy atom. The van der Waals surface area contributed by atoms with E-state index in [9.17, 15) is 4.79 Å². The molecule has 2 atom stereocenters. The molecule has 0 radical (unpaired) electrons. The Kier molecular flexibility index (Phi) is 7.23. The number of nitrogens with one attached hydrogen (secondary N) is 1. The van der Waals surface area contributed by atoms with Crippen LogP contribution in [0.4, 0.5) is 0 Å². The normalized spacial score (nSPS) is 16.2. The van der Waals surface area contributed by atoms with Gasteiger partial charge in [0, 0.05) is 18.1 Å². The third-order valence-corrected chi connectivity index (χ3v) is 4.47. The molecule has 0 saturated heterocycles. The van der Waals surface area contributed by atoms with Crippen molar-refractivity contribution in [1.29, 1.82) is 0 Å². The van der Waals surface area contributed by atoms with E-state index in [4.69, 9.17) is 4.74 Å². The van der Waals surface area contributed by atoms with Crippen LogP contribution in [0.5, 0.6) is 0 Å². The highest BCUT2D eigenvalue weighted by Gasteiger charge is 2.29. The van der Waals surface area contributed by atoms with Crippen LogP contribution in [0.15, 0.2) is 0 Å². The van der Waals surface area contributed by atoms with E-state index >= 15 is 0 Å². The van der Waals surface area contributed by atoms with Crippen molar-refractivity contribution in [1.82, 2.24) is 5.32 Å². The summed E-state index contributed by atoms with van der Waals surface area (Å²) < 4.78 is 6.06. The molecule has 0 aliphatic heterocycles. The summed E-state index contributed by atoms with van der Waals surface area (Å²) in [5, 5.41) is 3.28. The van der Waals surface area contributed by atoms with Crippen LogP contribution < -0.4 is 5.32 Å². The maximum atomic E-state index is 11.3. The number of ether oxygens (including phenoxy) is 1. The lowest BCUT2D eigenvalue weighted by Crippen LogP contribution is -2.40. The van der Waals surface area contributed by atoms with E-state index in [0.29, 0.717) is 5.92 Å². The summed E-state index contributed by atoms with van der Waals surface area (Å²) in [7, 11) is 1.97. The van der Waals surface area contributed by atoms with Gasteiger partial charge >= 0.3 is 0 Å². The van der Waals surface area contributed by atoms with Crippen LogP contribution in [0.2, 0.25) is 0 Å². The fourth-order valence-electron chi connectivity index (χ4n) is 1.82. The molecule has 0 fully saturated rings. The Balaban J connectivity index is 4.26. The topological polar surface area (TPSA) is 38.3 Å². The molecule has 0 rings (SSSR count). The first-order chi connectivity index (χ1) is 8.52. The van der Waals surface area contributed by atoms with Crippen LogP contribution >= 0.6 is 0 Å². The van der Waals surface area contributed by atoms with E-state index in [1.54, 1.807) is 6.92 Å². The monoisotopic (exact) mass is 271 g/mol. The molecule has 0 spiro atoms. The zero-order valence-corrected chi connectivity index (χ0v) is 14.1. The second kappa shape index (κ2) is 7.39. The highest BCUT2D eigenvalue weighted by atomic mass is 16.5. The fourth-order valence-corrected chi connectivity index (χ4v) is 1.82. The van der Waals surface area contributed by atoms with Crippen LogP contribution in [0.25, 0.3) is 0 Å². The van der Waals surface area contributed by atoms with Crippen molar-refractivity contribution in [2.24, 2.45) is 11.8 Å². The van der Waals surface area contributed by atoms with Crippen LogP contribution in [0.3, 0.4) is 0 Å². The molecular weight excluding hydrogens is 238 g/mol. The van der Waals surface area contributed by atoms with Gasteiger partial charge in [-0.2, -0.15) is 0 Å². The molecule has 19 heavy (non-hydrogen) atoms. The smallest absolute Gasteiger partial charge is 0.132 e. The SMILES string of the molecule is CNC(C)(C)CCOC(C)(C)C(C)CC(C)C(C)=O. The van der Waals surface area contributed by atoms with Gasteiger partial charge in [0.05, 0.1) is 5.60 Å². The van der Waals surface area contributed by atoms with Crippen LogP contribution in [0, 0.1) is 11.8 Å². The summed E-state index contributed by atoms with van der Waals surface area (Å²) in [5.74, 6) is 0.745. The van der Waals surface area contributed by atoms with Gasteiger partial charge in [0.15, 0.2) is 0 Å². The van der Waals surface area contributed by atoms with Gasteiger partial charge in [-0.25, -0.2) is 0 Å². The Labute approximate surface area is 119 Å². The highest BCUT2D eigenvalue weighted by Crippen LogP contribution is 2.28. The number of hydrogen-bond donors (Lipinski definition) is 1. The Bertz CT molecular complexity index is 284. The van der Waals surface area contributed by atoms with E-state index in [1.165, 1.54) is 0 Å². The van der Waals surface area contributed by atoms with Crippen molar-refractivity contribution in [2.75, 3.05) is 13.7 Å². The molecule has 0 aromatic heterocycles. The molecule has 0 amide bonds. The van der Waals surface area contributed by atoms with Gasteiger partial charge in [0.25, 0.3) is 0 Å². The lowest BCUT2D eigenvalue weighted by atomic mass is 9.84. The molecule has 0 bridgehead atoms. The average Bonchev–Trinajstić information content (AvgIpc) is 2.28. The third-order valence-electron chi connectivity index (χ3n) is 4.47. The van der Waals surface area contributed by atoms with Gasteiger partial charge in [0.2, 0.25) is 0 Å². The summed E-state index contributed by atoms with van der Waals surface area (Å²) in [4.78, 5) is 11.3. The Hall–Kier alpha value is -0.410. The van der Waals surface area contributed by atoms with Crippen LogP contribution in [-0.4, -0.2) is 30.6 Å². The zero-order valence-electron chi connectivity index (χ0n) is 14.1. The first-order valence-electron chi connectivity index (χ1n) is 7.35. The summed E-state index contributed by atoms with van der Waals surface area (Å²) in [5.41, 5.74) is -0.0838. The van der Waals surface area contributed by atoms with Crippen molar-refractivity contribution in [3.05, 3.63) is 0 Å². The first-order valence-corrected chi connectivity index (χ1v) is 7.35. The fraction of sp³-hybridized carbons (Fsp3) is 0.938. The molecular formula is C16H33NO2. The number of carbonyl (C=O) groups excluding carboxylic acids is 1. The molecule has 0 aromatic rings. The van der Waals surface area contributed by atoms with E-state index in [1.807, 2.05) is 14.0 Å². The molecule has 0 heterocycles. The Morgan fingerprint density at radius 3 is 2.16 bits per heavy atom. The molecule has 3 nitrogen and oxygen atoms in total. The first kappa shape index (κ1) is 18.6. The molecule has 2 unspecified atom stereocenters. The average molecular weight is 271 g/mol. The molecule has 1 N–H and O–H groups in total. The van der Waals surface area contributed by atoms with Gasteiger partial charge in [-0.05, 0) is 60.4 Å². The largest absolute Gasteiger partial charge is 0.375 e. The molecule has 0 aliphatic carbocycles. The lowest BCUT2D eigenvalue weighted by molar-refractivity contribution is -0.122.